The van der Waals surface area contributed by atoms with Crippen LogP contribution in [0.25, 0.3) is 0 Å². The van der Waals surface area contributed by atoms with Gasteiger partial charge in [0.25, 0.3) is 0 Å². The average Bonchev–Trinajstić information content (AvgIpc) is 3.00. The van der Waals surface area contributed by atoms with Crippen LogP contribution in [0.15, 0.2) is 54.8 Å². The predicted octanol–water partition coefficient (Wildman–Crippen LogP) is 3.15. The van der Waals surface area contributed by atoms with Gasteiger partial charge in [-0.25, -0.2) is 0 Å². The molecule has 0 unspecified atom stereocenters. The van der Waals surface area contributed by atoms with Gasteiger partial charge in [0.1, 0.15) is 0 Å². The van der Waals surface area contributed by atoms with Crippen molar-refractivity contribution in [3.63, 3.8) is 0 Å². The fourth-order valence-corrected chi connectivity index (χ4v) is 10.1. The van der Waals surface area contributed by atoms with Crippen molar-refractivity contribution in [2.45, 2.75) is 12.8 Å². The van der Waals surface area contributed by atoms with Gasteiger partial charge >= 0.3 is 119 Å². The summed E-state index contributed by atoms with van der Waals surface area (Å²) in [5, 5.41) is 0. The summed E-state index contributed by atoms with van der Waals surface area (Å²) in [5.74, 6) is 0. The molecule has 2 rings (SSSR count). The molecular weight excluding hydrogens is 408 g/mol. The Morgan fingerprint density at radius 1 is 0.842 bits per heavy atom. The van der Waals surface area contributed by atoms with Crippen molar-refractivity contribution in [2.75, 3.05) is 28.2 Å². The van der Waals surface area contributed by atoms with Crippen LogP contribution in [0.2, 0.25) is 0 Å². The maximum absolute atomic E-state index is 5.09. The summed E-state index contributed by atoms with van der Waals surface area (Å²) in [4.78, 5) is 0. The minimum atomic E-state index is -3.23. The molecule has 0 saturated heterocycles. The fraction of sp³-hybridized carbons (Fsp3) is 0.429. The minimum absolute atomic E-state index is 0.937. The Hall–Kier alpha value is -0.832. The molecule has 0 aromatic rings. The second-order valence-corrected chi connectivity index (χ2v) is 15.0. The number of rotatable bonds is 4. The van der Waals surface area contributed by atoms with E-state index in [1.54, 1.807) is 0 Å². The van der Waals surface area contributed by atoms with E-state index in [1.807, 2.05) is 0 Å². The van der Waals surface area contributed by atoms with Gasteiger partial charge in [0.05, 0.1) is 0 Å². The van der Waals surface area contributed by atoms with Crippen LogP contribution in [0.4, 0.5) is 0 Å². The average molecular weight is 430 g/mol. The van der Waals surface area contributed by atoms with E-state index in [0.717, 1.165) is 24.2 Å². The molecule has 0 radical (unpaired) electrons. The molecule has 0 aromatic heterocycles. The van der Waals surface area contributed by atoms with E-state index in [0.29, 0.717) is 0 Å². The maximum atomic E-state index is 5.09. The van der Waals surface area contributed by atoms with Gasteiger partial charge in [0, 0.05) is 0 Å². The Labute approximate surface area is 119 Å². The summed E-state index contributed by atoms with van der Waals surface area (Å²) < 4.78 is 14.7. The van der Waals surface area contributed by atoms with E-state index >= 15 is 0 Å². The van der Waals surface area contributed by atoms with E-state index < -0.39 is 16.2 Å². The first kappa shape index (κ1) is 14.6. The van der Waals surface area contributed by atoms with Gasteiger partial charge < -0.3 is 0 Å². The number of hydrogen-bond donors (Lipinski definition) is 0. The summed E-state index contributed by atoms with van der Waals surface area (Å²) in [6.45, 7) is 0. The monoisotopic (exact) mass is 430 g/mol. The molecule has 0 fully saturated rings. The Kier molecular flexibility index (Phi) is 4.66. The van der Waals surface area contributed by atoms with Gasteiger partial charge in [-0.05, 0) is 0 Å². The van der Waals surface area contributed by atoms with E-state index in [4.69, 9.17) is 6.99 Å². The van der Waals surface area contributed by atoms with Gasteiger partial charge in [0.2, 0.25) is 0 Å². The van der Waals surface area contributed by atoms with Crippen molar-refractivity contribution in [1.29, 1.82) is 0 Å². The van der Waals surface area contributed by atoms with Crippen molar-refractivity contribution in [3.05, 3.63) is 47.9 Å². The quantitative estimate of drug-likeness (QED) is 0.687. The van der Waals surface area contributed by atoms with Crippen LogP contribution in [-0.2, 0) is 16.2 Å². The first-order chi connectivity index (χ1) is 9.04. The first-order valence-electron chi connectivity index (χ1n) is 6.40. The predicted molar refractivity (Wildman–Crippen MR) is 75.9 cm³/mol. The standard InChI is InChI=1S/2C5H5N.2C2H6N.W/c2*6-5-3-1-2-4-5;2*1-3-2;/h2*1-3H,4H2;2*1-2H3;/q;;2*-1;+2. The summed E-state index contributed by atoms with van der Waals surface area (Å²) in [6.07, 6.45) is 14.5. The third-order valence-corrected chi connectivity index (χ3v) is 13.4. The van der Waals surface area contributed by atoms with Crippen molar-refractivity contribution in [1.82, 2.24) is 6.92 Å². The topological polar surface area (TPSA) is 31.2 Å². The molecule has 4 nitrogen and oxygen atoms in total. The molecule has 0 N–H and O–H groups in total. The molecule has 19 heavy (non-hydrogen) atoms. The van der Waals surface area contributed by atoms with Crippen LogP contribution in [0, 0.1) is 0 Å². The van der Waals surface area contributed by atoms with Crippen LogP contribution >= 0.6 is 0 Å². The molecule has 0 bridgehead atoms. The Balaban J connectivity index is 2.54. The molecule has 0 spiro atoms. The molecular formula is C14H22N4W. The summed E-state index contributed by atoms with van der Waals surface area (Å²) in [5.41, 5.74) is 2.32. The Morgan fingerprint density at radius 3 is 1.53 bits per heavy atom. The van der Waals surface area contributed by atoms with Gasteiger partial charge in [-0.1, -0.05) is 0 Å². The summed E-state index contributed by atoms with van der Waals surface area (Å²) >= 11 is -3.23. The zero-order valence-corrected chi connectivity index (χ0v) is 15.0. The third kappa shape index (κ3) is 3.19. The van der Waals surface area contributed by atoms with Crippen molar-refractivity contribution >= 4 is 0 Å². The van der Waals surface area contributed by atoms with E-state index in [-0.39, 0.29) is 0 Å². The molecule has 0 aliphatic heterocycles. The van der Waals surface area contributed by atoms with Gasteiger partial charge in [0.15, 0.2) is 0 Å². The van der Waals surface area contributed by atoms with Crippen LogP contribution in [0.5, 0.6) is 0 Å². The molecule has 0 heterocycles. The van der Waals surface area contributed by atoms with E-state index in [1.165, 1.54) is 0 Å². The van der Waals surface area contributed by atoms with Crippen LogP contribution in [0.3, 0.4) is 0 Å². The second kappa shape index (κ2) is 6.08. The Bertz CT molecular complexity index is 527. The van der Waals surface area contributed by atoms with Crippen LogP contribution < -0.4 is 0 Å². The Morgan fingerprint density at radius 2 is 1.26 bits per heavy atom. The zero-order valence-electron chi connectivity index (χ0n) is 12.1. The van der Waals surface area contributed by atoms with Crippen LogP contribution in [-0.4, -0.2) is 35.1 Å². The number of allylic oxidation sites excluding steroid dienone is 6. The van der Waals surface area contributed by atoms with Gasteiger partial charge in [-0.3, -0.25) is 0 Å². The zero-order chi connectivity index (χ0) is 13.9. The summed E-state index contributed by atoms with van der Waals surface area (Å²) in [7, 11) is 8.42. The molecule has 104 valence electrons. The molecule has 0 saturated carbocycles. The number of nitrogens with zero attached hydrogens (tertiary/aromatic N) is 4. The molecule has 2 aliphatic carbocycles. The van der Waals surface area contributed by atoms with Crippen LogP contribution in [0.1, 0.15) is 12.8 Å². The molecule has 5 heteroatoms. The second-order valence-electron chi connectivity index (χ2n) is 4.88. The van der Waals surface area contributed by atoms with Crippen molar-refractivity contribution in [2.24, 2.45) is 6.99 Å². The van der Waals surface area contributed by atoms with Gasteiger partial charge in [-0.15, -0.1) is 0 Å². The molecule has 0 aromatic carbocycles. The number of hydrogen-bond acceptors (Lipinski definition) is 2. The van der Waals surface area contributed by atoms with Gasteiger partial charge in [-0.2, -0.15) is 0 Å². The van der Waals surface area contributed by atoms with Crippen molar-refractivity contribution < 1.29 is 16.2 Å². The normalized spacial score (nSPS) is 18.2. The van der Waals surface area contributed by atoms with E-state index in [9.17, 15) is 0 Å². The third-order valence-electron chi connectivity index (χ3n) is 2.96. The summed E-state index contributed by atoms with van der Waals surface area (Å²) in [6, 6.07) is 0. The van der Waals surface area contributed by atoms with Crippen molar-refractivity contribution in [3.8, 4) is 0 Å². The first-order valence-corrected chi connectivity index (χ1v) is 11.6. The fourth-order valence-electron chi connectivity index (χ4n) is 2.00. The SMILES string of the molecule is C[N](C)[W](=[N]C1=CC=CC1)(=[N]C1=CC=CC1)[N](C)C. The molecule has 2 aliphatic rings. The molecule has 0 atom stereocenters. The molecule has 0 amide bonds. The van der Waals surface area contributed by atoms with E-state index in [2.05, 4.69) is 71.6 Å².